The molecule has 1 unspecified atom stereocenters. The highest BCUT2D eigenvalue weighted by atomic mass is 16.5. The van der Waals surface area contributed by atoms with Gasteiger partial charge < -0.3 is 20.1 Å². The molecule has 2 aromatic rings. The van der Waals surface area contributed by atoms with Crippen molar-refractivity contribution in [1.29, 1.82) is 0 Å². The fourth-order valence-electron chi connectivity index (χ4n) is 3.39. The van der Waals surface area contributed by atoms with Gasteiger partial charge in [0.1, 0.15) is 0 Å². The summed E-state index contributed by atoms with van der Waals surface area (Å²) in [7, 11) is 1.81. The number of guanidine groups is 1. The van der Waals surface area contributed by atoms with Gasteiger partial charge in [-0.15, -0.1) is 0 Å². The molecule has 0 radical (unpaired) electrons. The Hall–Kier alpha value is -2.11. The maximum Gasteiger partial charge on any atom is 0.190 e. The van der Waals surface area contributed by atoms with Gasteiger partial charge in [0, 0.05) is 39.3 Å². The summed E-state index contributed by atoms with van der Waals surface area (Å²) in [4.78, 5) is 4.30. The summed E-state index contributed by atoms with van der Waals surface area (Å²) in [5, 5.41) is 9.38. The SMILES string of the molecule is CN=C(NCCCOCC1CCOC1)NCCc1cccc2ccccc12. The first-order chi connectivity index (χ1) is 13.4. The van der Waals surface area contributed by atoms with Gasteiger partial charge in [-0.25, -0.2) is 0 Å². The van der Waals surface area contributed by atoms with Crippen molar-refractivity contribution in [2.75, 3.05) is 46.6 Å². The highest BCUT2D eigenvalue weighted by Crippen LogP contribution is 2.18. The van der Waals surface area contributed by atoms with Gasteiger partial charge >= 0.3 is 0 Å². The Labute approximate surface area is 162 Å². The predicted octanol–water partition coefficient (Wildman–Crippen LogP) is 2.99. The highest BCUT2D eigenvalue weighted by molar-refractivity contribution is 5.85. The predicted molar refractivity (Wildman–Crippen MR) is 111 cm³/mol. The highest BCUT2D eigenvalue weighted by Gasteiger charge is 2.15. The zero-order valence-corrected chi connectivity index (χ0v) is 16.2. The van der Waals surface area contributed by atoms with Crippen LogP contribution in [0.25, 0.3) is 10.8 Å². The topological polar surface area (TPSA) is 54.9 Å². The molecule has 2 N–H and O–H groups in total. The molecule has 1 atom stereocenters. The van der Waals surface area contributed by atoms with Crippen LogP contribution in [0.5, 0.6) is 0 Å². The van der Waals surface area contributed by atoms with Gasteiger partial charge in [0.15, 0.2) is 5.96 Å². The summed E-state index contributed by atoms with van der Waals surface area (Å²) in [6.45, 7) is 5.04. The summed E-state index contributed by atoms with van der Waals surface area (Å²) in [5.74, 6) is 1.43. The Bertz CT molecular complexity index is 721. The zero-order chi connectivity index (χ0) is 18.7. The molecule has 146 valence electrons. The van der Waals surface area contributed by atoms with Gasteiger partial charge in [-0.1, -0.05) is 42.5 Å². The smallest absolute Gasteiger partial charge is 0.190 e. The minimum Gasteiger partial charge on any atom is -0.381 e. The van der Waals surface area contributed by atoms with E-state index < -0.39 is 0 Å². The summed E-state index contributed by atoms with van der Waals surface area (Å²) in [6.07, 6.45) is 3.07. The molecular formula is C22H31N3O2. The molecule has 0 bridgehead atoms. The lowest BCUT2D eigenvalue weighted by Crippen LogP contribution is -2.39. The van der Waals surface area contributed by atoms with Crippen molar-refractivity contribution < 1.29 is 9.47 Å². The lowest BCUT2D eigenvalue weighted by Gasteiger charge is -2.13. The van der Waals surface area contributed by atoms with E-state index in [4.69, 9.17) is 9.47 Å². The lowest BCUT2D eigenvalue weighted by molar-refractivity contribution is 0.0888. The third-order valence-electron chi connectivity index (χ3n) is 4.93. The molecule has 0 aromatic heterocycles. The van der Waals surface area contributed by atoms with Crippen LogP contribution in [0.4, 0.5) is 0 Å². The minimum absolute atomic E-state index is 0.585. The largest absolute Gasteiger partial charge is 0.381 e. The average Bonchev–Trinajstić information content (AvgIpc) is 3.23. The number of benzene rings is 2. The van der Waals surface area contributed by atoms with Crippen molar-refractivity contribution in [2.24, 2.45) is 10.9 Å². The van der Waals surface area contributed by atoms with Crippen LogP contribution in [0.2, 0.25) is 0 Å². The molecule has 0 spiro atoms. The van der Waals surface area contributed by atoms with Gasteiger partial charge in [0.05, 0.1) is 13.2 Å². The normalized spacial score (nSPS) is 17.4. The fraction of sp³-hybridized carbons (Fsp3) is 0.500. The van der Waals surface area contributed by atoms with Crippen LogP contribution in [0.3, 0.4) is 0 Å². The quantitative estimate of drug-likeness (QED) is 0.405. The van der Waals surface area contributed by atoms with E-state index >= 15 is 0 Å². The number of nitrogens with zero attached hydrogens (tertiary/aromatic N) is 1. The molecule has 5 heteroatoms. The molecule has 2 aromatic carbocycles. The van der Waals surface area contributed by atoms with Crippen LogP contribution >= 0.6 is 0 Å². The lowest BCUT2D eigenvalue weighted by atomic mass is 10.0. The monoisotopic (exact) mass is 369 g/mol. The average molecular weight is 370 g/mol. The Balaban J connectivity index is 1.32. The third kappa shape index (κ3) is 6.22. The van der Waals surface area contributed by atoms with E-state index in [9.17, 15) is 0 Å². The maximum atomic E-state index is 5.73. The second kappa shape index (κ2) is 10.9. The molecule has 1 aliphatic rings. The minimum atomic E-state index is 0.585. The van der Waals surface area contributed by atoms with Crippen molar-refractivity contribution in [3.8, 4) is 0 Å². The number of fused-ring (bicyclic) bond motifs is 1. The first-order valence-electron chi connectivity index (χ1n) is 9.93. The van der Waals surface area contributed by atoms with E-state index in [2.05, 4.69) is 58.1 Å². The van der Waals surface area contributed by atoms with Crippen LogP contribution in [0, 0.1) is 5.92 Å². The number of rotatable bonds is 9. The standard InChI is InChI=1S/C22H31N3O2/c1-23-22(24-12-5-14-26-16-18-11-15-27-17-18)25-13-10-20-8-4-7-19-6-2-3-9-21(19)20/h2-4,6-9,18H,5,10-17H2,1H3,(H2,23,24,25). The van der Waals surface area contributed by atoms with Crippen LogP contribution < -0.4 is 10.6 Å². The number of nitrogens with one attached hydrogen (secondary N) is 2. The molecule has 3 rings (SSSR count). The molecule has 1 heterocycles. The molecule has 0 amide bonds. The van der Waals surface area contributed by atoms with E-state index in [0.29, 0.717) is 5.92 Å². The number of hydrogen-bond donors (Lipinski definition) is 2. The molecule has 1 fully saturated rings. The number of ether oxygens (including phenoxy) is 2. The van der Waals surface area contributed by atoms with Gasteiger partial charge in [-0.05, 0) is 35.6 Å². The summed E-state index contributed by atoms with van der Waals surface area (Å²) in [5.41, 5.74) is 1.36. The van der Waals surface area contributed by atoms with Gasteiger partial charge in [-0.2, -0.15) is 0 Å². The van der Waals surface area contributed by atoms with E-state index in [0.717, 1.165) is 64.7 Å². The molecule has 0 aliphatic carbocycles. The van der Waals surface area contributed by atoms with Crippen LogP contribution in [0.1, 0.15) is 18.4 Å². The van der Waals surface area contributed by atoms with E-state index in [1.807, 2.05) is 7.05 Å². The molecule has 1 aliphatic heterocycles. The number of hydrogen-bond acceptors (Lipinski definition) is 3. The van der Waals surface area contributed by atoms with Gasteiger partial charge in [0.25, 0.3) is 0 Å². The summed E-state index contributed by atoms with van der Waals surface area (Å²) < 4.78 is 11.1. The molecule has 27 heavy (non-hydrogen) atoms. The van der Waals surface area contributed by atoms with Crippen molar-refractivity contribution in [1.82, 2.24) is 10.6 Å². The molecular weight excluding hydrogens is 338 g/mol. The van der Waals surface area contributed by atoms with Gasteiger partial charge in [0.2, 0.25) is 0 Å². The first kappa shape index (κ1) is 19.6. The fourth-order valence-corrected chi connectivity index (χ4v) is 3.39. The van der Waals surface area contributed by atoms with Crippen molar-refractivity contribution >= 4 is 16.7 Å². The zero-order valence-electron chi connectivity index (χ0n) is 16.2. The van der Waals surface area contributed by atoms with Crippen LogP contribution in [0.15, 0.2) is 47.5 Å². The Morgan fingerprint density at radius 3 is 2.85 bits per heavy atom. The Kier molecular flexibility index (Phi) is 7.93. The second-order valence-electron chi connectivity index (χ2n) is 6.97. The van der Waals surface area contributed by atoms with Crippen LogP contribution in [-0.4, -0.2) is 52.5 Å². The molecule has 1 saturated heterocycles. The van der Waals surface area contributed by atoms with Crippen molar-refractivity contribution in [2.45, 2.75) is 19.3 Å². The summed E-state index contributed by atoms with van der Waals surface area (Å²) in [6, 6.07) is 15.0. The molecule has 5 nitrogen and oxygen atoms in total. The number of aliphatic imine (C=N–C) groups is 1. The third-order valence-corrected chi connectivity index (χ3v) is 4.93. The molecule has 0 saturated carbocycles. The van der Waals surface area contributed by atoms with Crippen molar-refractivity contribution in [3.63, 3.8) is 0 Å². The first-order valence-corrected chi connectivity index (χ1v) is 9.93. The Morgan fingerprint density at radius 2 is 2.00 bits per heavy atom. The second-order valence-corrected chi connectivity index (χ2v) is 6.97. The van der Waals surface area contributed by atoms with E-state index in [1.165, 1.54) is 16.3 Å². The van der Waals surface area contributed by atoms with Gasteiger partial charge in [-0.3, -0.25) is 4.99 Å². The Morgan fingerprint density at radius 1 is 1.15 bits per heavy atom. The van der Waals surface area contributed by atoms with Crippen LogP contribution in [-0.2, 0) is 15.9 Å². The van der Waals surface area contributed by atoms with E-state index in [-0.39, 0.29) is 0 Å². The van der Waals surface area contributed by atoms with E-state index in [1.54, 1.807) is 0 Å². The van der Waals surface area contributed by atoms with Crippen molar-refractivity contribution in [3.05, 3.63) is 48.0 Å². The maximum absolute atomic E-state index is 5.73. The summed E-state index contributed by atoms with van der Waals surface area (Å²) >= 11 is 0.